The van der Waals surface area contributed by atoms with E-state index >= 15 is 0 Å². The van der Waals surface area contributed by atoms with Crippen molar-refractivity contribution in [2.24, 2.45) is 0 Å². The Morgan fingerprint density at radius 2 is 0.781 bits per heavy atom. The number of hydrogen-bond acceptors (Lipinski definition) is 5. The van der Waals surface area contributed by atoms with Crippen LogP contribution in [0.15, 0.2) is 0 Å². The number of rotatable bonds is 23. The normalized spacial score (nSPS) is 11.0. The van der Waals surface area contributed by atoms with Gasteiger partial charge in [-0.2, -0.15) is 0 Å². The van der Waals surface area contributed by atoms with E-state index in [4.69, 9.17) is 9.47 Å². The third kappa shape index (κ3) is 20.5. The molecule has 0 aromatic rings. The van der Waals surface area contributed by atoms with Gasteiger partial charge in [0.05, 0.1) is 0 Å². The van der Waals surface area contributed by atoms with Crippen molar-refractivity contribution in [2.75, 3.05) is 0 Å². The minimum Gasteiger partial charge on any atom is -0.417 e. The molecule has 0 bridgehead atoms. The van der Waals surface area contributed by atoms with Gasteiger partial charge in [-0.3, -0.25) is 14.4 Å². The van der Waals surface area contributed by atoms with Crippen LogP contribution in [-0.2, 0) is 23.9 Å². The summed E-state index contributed by atoms with van der Waals surface area (Å²) >= 11 is 0. The van der Waals surface area contributed by atoms with Crippen molar-refractivity contribution in [1.29, 1.82) is 0 Å². The molecule has 0 amide bonds. The lowest BCUT2D eigenvalue weighted by molar-refractivity contribution is -0.191. The zero-order valence-corrected chi connectivity index (χ0v) is 21.3. The monoisotopic (exact) mass is 454 g/mol. The van der Waals surface area contributed by atoms with Crippen LogP contribution in [0.4, 0.5) is 0 Å². The predicted molar refractivity (Wildman–Crippen MR) is 130 cm³/mol. The fourth-order valence-corrected chi connectivity index (χ4v) is 3.71. The molecule has 0 fully saturated rings. The van der Waals surface area contributed by atoms with Crippen LogP contribution in [0.5, 0.6) is 0 Å². The van der Waals surface area contributed by atoms with Gasteiger partial charge in [0.2, 0.25) is 5.78 Å². The van der Waals surface area contributed by atoms with Crippen LogP contribution in [0.1, 0.15) is 149 Å². The molecule has 0 radical (unpaired) electrons. The summed E-state index contributed by atoms with van der Waals surface area (Å²) in [6.07, 6.45) is 20.1. The summed E-state index contributed by atoms with van der Waals surface area (Å²) in [5, 5.41) is 0. The van der Waals surface area contributed by atoms with Crippen molar-refractivity contribution in [3.8, 4) is 0 Å². The number of Topliss-reactive ketones (excluding diaryl/α,β-unsaturated/α-hetero) is 1. The molecule has 0 rings (SSSR count). The van der Waals surface area contributed by atoms with E-state index in [2.05, 4.69) is 13.8 Å². The second-order valence-corrected chi connectivity index (χ2v) is 9.08. The first-order chi connectivity index (χ1) is 15.5. The number of esters is 2. The van der Waals surface area contributed by atoms with Gasteiger partial charge in [0.15, 0.2) is 0 Å². The zero-order valence-electron chi connectivity index (χ0n) is 21.3. The van der Waals surface area contributed by atoms with Crippen LogP contribution in [0.2, 0.25) is 0 Å². The first kappa shape index (κ1) is 30.6. The summed E-state index contributed by atoms with van der Waals surface area (Å²) in [7, 11) is 0. The van der Waals surface area contributed by atoms with Crippen LogP contribution < -0.4 is 0 Å². The Hall–Kier alpha value is -1.39. The van der Waals surface area contributed by atoms with Gasteiger partial charge >= 0.3 is 18.2 Å². The van der Waals surface area contributed by atoms with Gasteiger partial charge in [0, 0.05) is 19.8 Å². The van der Waals surface area contributed by atoms with E-state index in [0.717, 1.165) is 38.5 Å². The van der Waals surface area contributed by atoms with E-state index in [-0.39, 0.29) is 12.8 Å². The smallest absolute Gasteiger partial charge is 0.309 e. The molecule has 0 aliphatic heterocycles. The van der Waals surface area contributed by atoms with Crippen LogP contribution in [0.3, 0.4) is 0 Å². The van der Waals surface area contributed by atoms with Crippen molar-refractivity contribution in [3.63, 3.8) is 0 Å². The molecule has 0 unspecified atom stereocenters. The Labute approximate surface area is 197 Å². The minimum absolute atomic E-state index is 0.259. The van der Waals surface area contributed by atoms with E-state index in [1.54, 1.807) is 0 Å². The standard InChI is InChI=1S/C27H50O5/c1-4-6-8-10-12-14-16-18-20-22-25(29)31-27(24(3)28)32-26(30)23-21-19-17-15-13-11-9-7-5-2/h27H,4-23H2,1-3H3. The highest BCUT2D eigenvalue weighted by Crippen LogP contribution is 2.13. The fourth-order valence-electron chi connectivity index (χ4n) is 3.71. The van der Waals surface area contributed by atoms with E-state index < -0.39 is 24.0 Å². The molecule has 0 saturated heterocycles. The Morgan fingerprint density at radius 1 is 0.500 bits per heavy atom. The quantitative estimate of drug-likeness (QED) is 0.0893. The molecule has 0 aromatic carbocycles. The van der Waals surface area contributed by atoms with Gasteiger partial charge < -0.3 is 9.47 Å². The topological polar surface area (TPSA) is 69.7 Å². The van der Waals surface area contributed by atoms with Crippen molar-refractivity contribution < 1.29 is 23.9 Å². The largest absolute Gasteiger partial charge is 0.417 e. The number of ether oxygens (including phenoxy) is 2. The number of carbonyl (C=O) groups is 3. The number of hydrogen-bond donors (Lipinski definition) is 0. The van der Waals surface area contributed by atoms with Crippen molar-refractivity contribution in [1.82, 2.24) is 0 Å². The zero-order chi connectivity index (χ0) is 23.9. The molecule has 0 saturated carbocycles. The summed E-state index contributed by atoms with van der Waals surface area (Å²) in [6, 6.07) is 0. The van der Waals surface area contributed by atoms with Gasteiger partial charge in [0.1, 0.15) is 0 Å². The van der Waals surface area contributed by atoms with Crippen LogP contribution >= 0.6 is 0 Å². The third-order valence-corrected chi connectivity index (χ3v) is 5.78. The Morgan fingerprint density at radius 3 is 1.06 bits per heavy atom. The average Bonchev–Trinajstić information content (AvgIpc) is 2.76. The van der Waals surface area contributed by atoms with E-state index in [9.17, 15) is 14.4 Å². The van der Waals surface area contributed by atoms with Crippen molar-refractivity contribution >= 4 is 17.7 Å². The number of carbonyl (C=O) groups excluding carboxylic acids is 3. The maximum Gasteiger partial charge on any atom is 0.309 e. The van der Waals surface area contributed by atoms with Crippen molar-refractivity contribution in [3.05, 3.63) is 0 Å². The van der Waals surface area contributed by atoms with Gasteiger partial charge in [-0.05, 0) is 12.8 Å². The first-order valence-corrected chi connectivity index (χ1v) is 13.4. The molecular formula is C27H50O5. The Kier molecular flexibility index (Phi) is 21.8. The highest BCUT2D eigenvalue weighted by molar-refractivity contribution is 5.84. The summed E-state index contributed by atoms with van der Waals surface area (Å²) in [4.78, 5) is 35.7. The lowest BCUT2D eigenvalue weighted by Crippen LogP contribution is -2.30. The molecule has 0 aliphatic rings. The first-order valence-electron chi connectivity index (χ1n) is 13.4. The second kappa shape index (κ2) is 22.8. The summed E-state index contributed by atoms with van der Waals surface area (Å²) in [6.45, 7) is 5.71. The molecule has 32 heavy (non-hydrogen) atoms. The van der Waals surface area contributed by atoms with E-state index in [1.807, 2.05) is 0 Å². The molecule has 5 heteroatoms. The molecule has 0 spiro atoms. The predicted octanol–water partition coefficient (Wildman–Crippen LogP) is 7.83. The lowest BCUT2D eigenvalue weighted by Gasteiger charge is -2.15. The van der Waals surface area contributed by atoms with Crippen LogP contribution in [0, 0.1) is 0 Å². The van der Waals surface area contributed by atoms with Gasteiger partial charge in [-0.15, -0.1) is 0 Å². The molecule has 188 valence electrons. The fraction of sp³-hybridized carbons (Fsp3) is 0.889. The van der Waals surface area contributed by atoms with Gasteiger partial charge in [0.25, 0.3) is 0 Å². The third-order valence-electron chi connectivity index (χ3n) is 5.78. The average molecular weight is 455 g/mol. The summed E-state index contributed by atoms with van der Waals surface area (Å²) in [5.41, 5.74) is 0. The second-order valence-electron chi connectivity index (χ2n) is 9.08. The molecule has 0 aliphatic carbocycles. The minimum atomic E-state index is -1.40. The van der Waals surface area contributed by atoms with Crippen LogP contribution in [-0.4, -0.2) is 24.0 Å². The Bertz CT molecular complexity index is 439. The molecule has 0 aromatic heterocycles. The van der Waals surface area contributed by atoms with Crippen LogP contribution in [0.25, 0.3) is 0 Å². The SMILES string of the molecule is CCCCCCCCCCCC(=O)OC(OC(=O)CCCCCCCCCCC)C(C)=O. The Balaban J connectivity index is 3.81. The highest BCUT2D eigenvalue weighted by Gasteiger charge is 2.23. The molecule has 0 N–H and O–H groups in total. The molecule has 0 atom stereocenters. The van der Waals surface area contributed by atoms with Gasteiger partial charge in [-0.25, -0.2) is 0 Å². The number of ketones is 1. The molecule has 5 nitrogen and oxygen atoms in total. The number of unbranched alkanes of at least 4 members (excludes halogenated alkanes) is 16. The summed E-state index contributed by atoms with van der Waals surface area (Å²) < 4.78 is 10.2. The maximum atomic E-state index is 12.0. The lowest BCUT2D eigenvalue weighted by atomic mass is 10.1. The van der Waals surface area contributed by atoms with Gasteiger partial charge in [-0.1, -0.05) is 117 Å². The maximum absolute atomic E-state index is 12.0. The van der Waals surface area contributed by atoms with E-state index in [1.165, 1.54) is 84.0 Å². The summed E-state index contributed by atoms with van der Waals surface area (Å²) in [5.74, 6) is -1.39. The molecule has 0 heterocycles. The highest BCUT2D eigenvalue weighted by atomic mass is 16.7. The van der Waals surface area contributed by atoms with Crippen molar-refractivity contribution in [2.45, 2.75) is 155 Å². The van der Waals surface area contributed by atoms with E-state index in [0.29, 0.717) is 0 Å². The molecular weight excluding hydrogens is 404 g/mol.